The van der Waals surface area contributed by atoms with E-state index in [1.165, 1.54) is 11.1 Å². The van der Waals surface area contributed by atoms with Gasteiger partial charge in [-0.2, -0.15) is 0 Å². The predicted molar refractivity (Wildman–Crippen MR) is 66.5 cm³/mol. The van der Waals surface area contributed by atoms with Crippen LogP contribution in [0.25, 0.3) is 0 Å². The smallest absolute Gasteiger partial charge is 0.00754 e. The van der Waals surface area contributed by atoms with Gasteiger partial charge in [-0.1, -0.05) is 67.7 Å². The molecule has 0 aromatic rings. The zero-order chi connectivity index (χ0) is 10.5. The zero-order valence-electron chi connectivity index (χ0n) is 9.06. The van der Waals surface area contributed by atoms with E-state index in [9.17, 15) is 0 Å². The molecule has 0 heterocycles. The van der Waals surface area contributed by atoms with Gasteiger partial charge >= 0.3 is 0 Å². The molecule has 2 aliphatic rings. The monoisotopic (exact) mass is 196 g/mol. The van der Waals surface area contributed by atoms with Crippen LogP contribution in [0.3, 0.4) is 0 Å². The fourth-order valence-corrected chi connectivity index (χ4v) is 1.67. The van der Waals surface area contributed by atoms with Gasteiger partial charge in [0.25, 0.3) is 0 Å². The SMILES string of the molecule is CC1C=CC=C(C2=CC=CCC=C2)C=C1. The molecule has 76 valence electrons. The second-order valence-corrected chi connectivity index (χ2v) is 3.91. The van der Waals surface area contributed by atoms with E-state index in [4.69, 9.17) is 0 Å². The average Bonchev–Trinajstić information content (AvgIpc) is 2.59. The van der Waals surface area contributed by atoms with Gasteiger partial charge in [-0.3, -0.25) is 0 Å². The maximum atomic E-state index is 2.23. The van der Waals surface area contributed by atoms with Crippen molar-refractivity contribution in [3.8, 4) is 0 Å². The fourth-order valence-electron chi connectivity index (χ4n) is 1.67. The van der Waals surface area contributed by atoms with E-state index in [0.29, 0.717) is 5.92 Å². The molecule has 0 aliphatic heterocycles. The van der Waals surface area contributed by atoms with Crippen molar-refractivity contribution in [2.24, 2.45) is 5.92 Å². The molecule has 0 heteroatoms. The lowest BCUT2D eigenvalue weighted by Gasteiger charge is -2.01. The van der Waals surface area contributed by atoms with Crippen LogP contribution in [0.1, 0.15) is 13.3 Å². The van der Waals surface area contributed by atoms with Gasteiger partial charge < -0.3 is 0 Å². The summed E-state index contributed by atoms with van der Waals surface area (Å²) in [6.45, 7) is 2.20. The minimum absolute atomic E-state index is 0.532. The molecule has 0 radical (unpaired) electrons. The topological polar surface area (TPSA) is 0 Å². The van der Waals surface area contributed by atoms with Gasteiger partial charge in [0.05, 0.1) is 0 Å². The van der Waals surface area contributed by atoms with E-state index in [1.54, 1.807) is 0 Å². The summed E-state index contributed by atoms with van der Waals surface area (Å²) < 4.78 is 0. The molecule has 2 rings (SSSR count). The first kappa shape index (κ1) is 9.97. The molecule has 15 heavy (non-hydrogen) atoms. The number of rotatable bonds is 1. The lowest BCUT2D eigenvalue weighted by molar-refractivity contribution is 0.942. The molecule has 0 N–H and O–H groups in total. The zero-order valence-corrected chi connectivity index (χ0v) is 9.06. The van der Waals surface area contributed by atoms with Crippen molar-refractivity contribution in [3.05, 3.63) is 71.9 Å². The second-order valence-electron chi connectivity index (χ2n) is 3.91. The van der Waals surface area contributed by atoms with E-state index < -0.39 is 0 Å². The predicted octanol–water partition coefficient (Wildman–Crippen LogP) is 4.12. The molecule has 0 amide bonds. The Labute approximate surface area is 91.7 Å². The summed E-state index contributed by atoms with van der Waals surface area (Å²) in [4.78, 5) is 0. The summed E-state index contributed by atoms with van der Waals surface area (Å²) >= 11 is 0. The number of allylic oxidation sites excluding steroid dienone is 12. The molecular weight excluding hydrogens is 180 g/mol. The van der Waals surface area contributed by atoms with Gasteiger partial charge in [0, 0.05) is 0 Å². The normalized spacial score (nSPS) is 24.5. The third-order valence-electron chi connectivity index (χ3n) is 2.58. The van der Waals surface area contributed by atoms with Crippen LogP contribution in [0.5, 0.6) is 0 Å². The van der Waals surface area contributed by atoms with Gasteiger partial charge in [-0.25, -0.2) is 0 Å². The van der Waals surface area contributed by atoms with Crippen molar-refractivity contribution in [1.82, 2.24) is 0 Å². The maximum absolute atomic E-state index is 2.23. The van der Waals surface area contributed by atoms with Crippen molar-refractivity contribution in [2.45, 2.75) is 13.3 Å². The summed E-state index contributed by atoms with van der Waals surface area (Å²) in [5, 5.41) is 0. The van der Waals surface area contributed by atoms with Crippen LogP contribution in [0, 0.1) is 5.92 Å². The van der Waals surface area contributed by atoms with Crippen LogP contribution < -0.4 is 0 Å². The van der Waals surface area contributed by atoms with Crippen molar-refractivity contribution < 1.29 is 0 Å². The molecule has 1 atom stereocenters. The van der Waals surface area contributed by atoms with Crippen molar-refractivity contribution in [3.63, 3.8) is 0 Å². The van der Waals surface area contributed by atoms with Crippen LogP contribution in [0.15, 0.2) is 71.9 Å². The third kappa shape index (κ3) is 2.69. The Morgan fingerprint density at radius 3 is 2.67 bits per heavy atom. The second kappa shape index (κ2) is 4.79. The minimum Gasteiger partial charge on any atom is -0.0807 e. The average molecular weight is 196 g/mol. The first-order chi connectivity index (χ1) is 7.36. The maximum Gasteiger partial charge on any atom is -0.00754 e. The summed E-state index contributed by atoms with van der Waals surface area (Å²) in [6, 6.07) is 0. The van der Waals surface area contributed by atoms with Gasteiger partial charge in [0.2, 0.25) is 0 Å². The van der Waals surface area contributed by atoms with E-state index in [0.717, 1.165) is 6.42 Å². The Morgan fingerprint density at radius 1 is 0.933 bits per heavy atom. The van der Waals surface area contributed by atoms with Crippen molar-refractivity contribution in [2.75, 3.05) is 0 Å². The first-order valence-electron chi connectivity index (χ1n) is 5.47. The number of hydrogen-bond donors (Lipinski definition) is 0. The van der Waals surface area contributed by atoms with Crippen LogP contribution in [0.2, 0.25) is 0 Å². The molecular formula is C15H16. The Kier molecular flexibility index (Phi) is 3.18. The Balaban J connectivity index is 2.27. The van der Waals surface area contributed by atoms with E-state index >= 15 is 0 Å². The highest BCUT2D eigenvalue weighted by atomic mass is 14.1. The van der Waals surface area contributed by atoms with E-state index in [2.05, 4.69) is 67.7 Å². The number of hydrogen-bond acceptors (Lipinski definition) is 0. The van der Waals surface area contributed by atoms with Crippen molar-refractivity contribution in [1.29, 1.82) is 0 Å². The highest BCUT2D eigenvalue weighted by molar-refractivity contribution is 5.51. The third-order valence-corrected chi connectivity index (χ3v) is 2.58. The van der Waals surface area contributed by atoms with E-state index in [-0.39, 0.29) is 0 Å². The summed E-state index contributed by atoms with van der Waals surface area (Å²) in [5.41, 5.74) is 2.58. The molecule has 0 spiro atoms. The minimum atomic E-state index is 0.532. The van der Waals surface area contributed by atoms with Crippen LogP contribution in [0.4, 0.5) is 0 Å². The lowest BCUT2D eigenvalue weighted by atomic mass is 10.0. The molecule has 0 aromatic carbocycles. The van der Waals surface area contributed by atoms with Crippen molar-refractivity contribution >= 4 is 0 Å². The fraction of sp³-hybridized carbons (Fsp3) is 0.200. The van der Waals surface area contributed by atoms with Gasteiger partial charge in [0.15, 0.2) is 0 Å². The van der Waals surface area contributed by atoms with E-state index in [1.807, 2.05) is 0 Å². The van der Waals surface area contributed by atoms with Gasteiger partial charge in [-0.15, -0.1) is 0 Å². The molecule has 0 nitrogen and oxygen atoms in total. The van der Waals surface area contributed by atoms with Gasteiger partial charge in [-0.05, 0) is 23.5 Å². The Morgan fingerprint density at radius 2 is 1.73 bits per heavy atom. The summed E-state index contributed by atoms with van der Waals surface area (Å²) in [5.74, 6) is 0.532. The molecule has 0 aromatic heterocycles. The lowest BCUT2D eigenvalue weighted by Crippen LogP contribution is -1.83. The Bertz CT molecular complexity index is 398. The highest BCUT2D eigenvalue weighted by Crippen LogP contribution is 2.19. The first-order valence-corrected chi connectivity index (χ1v) is 5.47. The molecule has 2 aliphatic carbocycles. The largest absolute Gasteiger partial charge is 0.0807 e. The molecule has 0 fully saturated rings. The van der Waals surface area contributed by atoms with Crippen LogP contribution in [-0.4, -0.2) is 0 Å². The summed E-state index contributed by atoms with van der Waals surface area (Å²) in [6.07, 6.45) is 22.9. The molecule has 1 unspecified atom stereocenters. The van der Waals surface area contributed by atoms with Crippen LogP contribution in [-0.2, 0) is 0 Å². The molecule has 0 saturated carbocycles. The summed E-state index contributed by atoms with van der Waals surface area (Å²) in [7, 11) is 0. The quantitative estimate of drug-likeness (QED) is 0.592. The standard InChI is InChI=1S/C15H16/c1-13-7-6-10-15(12-11-13)14-8-4-2-3-5-9-14/h2,4-13H,3H2,1H3. The van der Waals surface area contributed by atoms with Crippen LogP contribution >= 0.6 is 0 Å². The van der Waals surface area contributed by atoms with Gasteiger partial charge in [0.1, 0.15) is 0 Å². The Hall–Kier alpha value is -1.56. The molecule has 0 bridgehead atoms. The highest BCUT2D eigenvalue weighted by Gasteiger charge is 2.01. The molecule has 0 saturated heterocycles.